The number of aromatic nitrogens is 2. The Kier molecular flexibility index (Phi) is 7.17. The molecule has 0 saturated carbocycles. The van der Waals surface area contributed by atoms with Crippen molar-refractivity contribution < 1.29 is 18.7 Å². The molecule has 1 aliphatic heterocycles. The van der Waals surface area contributed by atoms with Crippen molar-refractivity contribution in [2.75, 3.05) is 13.2 Å². The van der Waals surface area contributed by atoms with Gasteiger partial charge in [-0.2, -0.15) is 5.10 Å². The molecule has 3 aromatic rings. The summed E-state index contributed by atoms with van der Waals surface area (Å²) in [5.41, 5.74) is 2.45. The van der Waals surface area contributed by atoms with Crippen LogP contribution in [0.25, 0.3) is 5.69 Å². The molecule has 1 N–H and O–H groups in total. The van der Waals surface area contributed by atoms with Gasteiger partial charge in [-0.05, 0) is 49.9 Å². The third-order valence-electron chi connectivity index (χ3n) is 5.55. The van der Waals surface area contributed by atoms with Gasteiger partial charge in [0.25, 0.3) is 0 Å². The molecule has 0 aliphatic carbocycles. The molecule has 168 valence electrons. The van der Waals surface area contributed by atoms with Crippen molar-refractivity contribution >= 4 is 5.91 Å². The van der Waals surface area contributed by atoms with Crippen LogP contribution in [0.2, 0.25) is 0 Å². The summed E-state index contributed by atoms with van der Waals surface area (Å²) < 4.78 is 27.7. The summed E-state index contributed by atoms with van der Waals surface area (Å²) in [5.74, 6) is 0.0554. The van der Waals surface area contributed by atoms with Crippen LogP contribution in [0.5, 0.6) is 11.6 Å². The van der Waals surface area contributed by atoms with Crippen LogP contribution < -0.4 is 10.1 Å². The molecule has 0 spiro atoms. The van der Waals surface area contributed by atoms with E-state index in [0.717, 1.165) is 36.4 Å². The molecule has 0 bridgehead atoms. The zero-order valence-electron chi connectivity index (χ0n) is 18.2. The van der Waals surface area contributed by atoms with Crippen molar-refractivity contribution in [3.8, 4) is 17.3 Å². The zero-order valence-corrected chi connectivity index (χ0v) is 18.2. The fraction of sp³-hybridized carbons (Fsp3) is 0.360. The number of para-hydroxylation sites is 2. The third kappa shape index (κ3) is 5.16. The molecular formula is C25H28FN3O3. The Morgan fingerprint density at radius 1 is 1.22 bits per heavy atom. The molecular weight excluding hydrogens is 409 g/mol. The number of amides is 1. The second-order valence-electron chi connectivity index (χ2n) is 7.80. The van der Waals surface area contributed by atoms with Crippen molar-refractivity contribution in [1.82, 2.24) is 15.1 Å². The van der Waals surface area contributed by atoms with Crippen LogP contribution in [0.15, 0.2) is 54.6 Å². The van der Waals surface area contributed by atoms with E-state index in [2.05, 4.69) is 5.32 Å². The van der Waals surface area contributed by atoms with Crippen molar-refractivity contribution in [3.63, 3.8) is 0 Å². The first-order chi connectivity index (χ1) is 15.7. The second-order valence-corrected chi connectivity index (χ2v) is 7.80. The van der Waals surface area contributed by atoms with Crippen LogP contribution in [-0.2, 0) is 22.4 Å². The van der Waals surface area contributed by atoms with Gasteiger partial charge in [-0.1, -0.05) is 37.3 Å². The summed E-state index contributed by atoms with van der Waals surface area (Å²) in [6, 6.07) is 15.9. The van der Waals surface area contributed by atoms with Gasteiger partial charge < -0.3 is 14.8 Å². The van der Waals surface area contributed by atoms with Crippen LogP contribution >= 0.6 is 0 Å². The Hall–Kier alpha value is -3.19. The predicted octanol–water partition coefficient (Wildman–Crippen LogP) is 4.59. The number of hydrogen-bond donors (Lipinski definition) is 1. The molecule has 1 fully saturated rings. The van der Waals surface area contributed by atoms with Gasteiger partial charge in [0.05, 0.1) is 17.5 Å². The van der Waals surface area contributed by atoms with E-state index in [-0.39, 0.29) is 24.2 Å². The summed E-state index contributed by atoms with van der Waals surface area (Å²) in [6.45, 7) is 3.29. The number of halogens is 1. The monoisotopic (exact) mass is 437 g/mol. The van der Waals surface area contributed by atoms with Gasteiger partial charge in [-0.25, -0.2) is 9.07 Å². The first kappa shape index (κ1) is 22.0. The maximum atomic E-state index is 14.4. The van der Waals surface area contributed by atoms with E-state index in [1.165, 1.54) is 6.07 Å². The van der Waals surface area contributed by atoms with Gasteiger partial charge in [-0.15, -0.1) is 0 Å². The maximum absolute atomic E-state index is 14.4. The van der Waals surface area contributed by atoms with Crippen LogP contribution in [0.1, 0.15) is 37.4 Å². The average molecular weight is 438 g/mol. The number of hydrogen-bond acceptors (Lipinski definition) is 4. The molecule has 2 aromatic carbocycles. The largest absolute Gasteiger partial charge is 0.436 e. The van der Waals surface area contributed by atoms with Gasteiger partial charge in [0, 0.05) is 25.1 Å². The van der Waals surface area contributed by atoms with Gasteiger partial charge in [0.15, 0.2) is 11.6 Å². The van der Waals surface area contributed by atoms with E-state index in [1.807, 2.05) is 37.3 Å². The van der Waals surface area contributed by atoms with Crippen LogP contribution in [-0.4, -0.2) is 34.9 Å². The molecule has 32 heavy (non-hydrogen) atoms. The summed E-state index contributed by atoms with van der Waals surface area (Å²) in [4.78, 5) is 12.5. The SMILES string of the molecule is CCc1nn(-c2ccccc2)c(Oc2ccccc2F)c1CCC(=O)NCC1CCCO1. The lowest BCUT2D eigenvalue weighted by Crippen LogP contribution is -2.31. The highest BCUT2D eigenvalue weighted by Gasteiger charge is 2.22. The summed E-state index contributed by atoms with van der Waals surface area (Å²) >= 11 is 0. The molecule has 1 atom stereocenters. The van der Waals surface area contributed by atoms with E-state index < -0.39 is 5.82 Å². The van der Waals surface area contributed by atoms with Gasteiger partial charge in [0.2, 0.25) is 11.8 Å². The number of ether oxygens (including phenoxy) is 2. The van der Waals surface area contributed by atoms with Gasteiger partial charge in [0.1, 0.15) is 0 Å². The normalized spacial score (nSPS) is 15.6. The van der Waals surface area contributed by atoms with Crippen LogP contribution in [0.4, 0.5) is 4.39 Å². The fourth-order valence-electron chi connectivity index (χ4n) is 3.85. The fourth-order valence-corrected chi connectivity index (χ4v) is 3.85. The first-order valence-corrected chi connectivity index (χ1v) is 11.1. The molecule has 0 radical (unpaired) electrons. The zero-order chi connectivity index (χ0) is 22.3. The third-order valence-corrected chi connectivity index (χ3v) is 5.55. The quantitative estimate of drug-likeness (QED) is 0.532. The summed E-state index contributed by atoms with van der Waals surface area (Å²) in [7, 11) is 0. The Bertz CT molecular complexity index is 1050. The Labute approximate surface area is 187 Å². The minimum Gasteiger partial charge on any atom is -0.436 e. The summed E-state index contributed by atoms with van der Waals surface area (Å²) in [6.07, 6.45) is 3.51. The molecule has 4 rings (SSSR count). The smallest absolute Gasteiger partial charge is 0.226 e. The van der Waals surface area contributed by atoms with Crippen molar-refractivity contribution in [2.24, 2.45) is 0 Å². The predicted molar refractivity (Wildman–Crippen MR) is 120 cm³/mol. The minimum absolute atomic E-state index is 0.0492. The molecule has 1 aliphatic rings. The van der Waals surface area contributed by atoms with E-state index in [0.29, 0.717) is 25.3 Å². The highest BCUT2D eigenvalue weighted by Crippen LogP contribution is 2.33. The molecule has 1 amide bonds. The second kappa shape index (κ2) is 10.4. The molecule has 1 unspecified atom stereocenters. The lowest BCUT2D eigenvalue weighted by atomic mass is 10.1. The lowest BCUT2D eigenvalue weighted by Gasteiger charge is -2.13. The Morgan fingerprint density at radius 3 is 2.72 bits per heavy atom. The molecule has 7 heteroatoms. The lowest BCUT2D eigenvalue weighted by molar-refractivity contribution is -0.121. The highest BCUT2D eigenvalue weighted by atomic mass is 19.1. The number of carbonyl (C=O) groups is 1. The van der Waals surface area contributed by atoms with Gasteiger partial charge >= 0.3 is 0 Å². The number of benzene rings is 2. The highest BCUT2D eigenvalue weighted by molar-refractivity contribution is 5.76. The van der Waals surface area contributed by atoms with E-state index >= 15 is 0 Å². The standard InChI is InChI=1S/C25H28FN3O3/c1-2-22-20(14-15-24(30)27-17-19-11-8-16-31-19)25(32-23-13-7-6-12-21(23)26)29(28-22)18-9-4-3-5-10-18/h3-7,9-10,12-13,19H,2,8,11,14-17H2,1H3,(H,27,30). The molecule has 1 aromatic heterocycles. The summed E-state index contributed by atoms with van der Waals surface area (Å²) in [5, 5.41) is 7.69. The van der Waals surface area contributed by atoms with Crippen LogP contribution in [0.3, 0.4) is 0 Å². The molecule has 2 heterocycles. The molecule has 1 saturated heterocycles. The average Bonchev–Trinajstić information content (AvgIpc) is 3.46. The Balaban J connectivity index is 1.58. The molecule has 6 nitrogen and oxygen atoms in total. The van der Waals surface area contributed by atoms with Gasteiger partial charge in [-0.3, -0.25) is 4.79 Å². The van der Waals surface area contributed by atoms with Crippen LogP contribution in [0, 0.1) is 5.82 Å². The van der Waals surface area contributed by atoms with E-state index in [9.17, 15) is 9.18 Å². The van der Waals surface area contributed by atoms with Crippen molar-refractivity contribution in [1.29, 1.82) is 0 Å². The first-order valence-electron chi connectivity index (χ1n) is 11.1. The maximum Gasteiger partial charge on any atom is 0.226 e. The van der Waals surface area contributed by atoms with Crippen molar-refractivity contribution in [2.45, 2.75) is 45.1 Å². The number of carbonyl (C=O) groups excluding carboxylic acids is 1. The van der Waals surface area contributed by atoms with E-state index in [4.69, 9.17) is 14.6 Å². The van der Waals surface area contributed by atoms with Crippen molar-refractivity contribution in [3.05, 3.63) is 71.7 Å². The number of aryl methyl sites for hydroxylation is 1. The Morgan fingerprint density at radius 2 is 2.00 bits per heavy atom. The number of rotatable bonds is 9. The number of nitrogens with one attached hydrogen (secondary N) is 1. The number of nitrogens with zero attached hydrogens (tertiary/aromatic N) is 2. The topological polar surface area (TPSA) is 65.4 Å². The minimum atomic E-state index is -0.452. The van der Waals surface area contributed by atoms with E-state index in [1.54, 1.807) is 22.9 Å².